The minimum absolute atomic E-state index is 0.891. The predicted octanol–water partition coefficient (Wildman–Crippen LogP) is 3.40. The largest absolute Gasteiger partial charge is 0.296 e. The standard InChI is InChI=1S/C16H16N3/c1-4-15-18-16-12(3)17-11(2)10-14(16)19(15)13-8-6-5-7-9-13/h5-6,8-10H,4H2,1-3H3. The highest BCUT2D eigenvalue weighted by Crippen LogP contribution is 2.24. The fraction of sp³-hybridized carbons (Fsp3) is 0.250. The van der Waals surface area contributed by atoms with Crippen LogP contribution in [0.25, 0.3) is 16.7 Å². The van der Waals surface area contributed by atoms with E-state index in [2.05, 4.69) is 34.7 Å². The maximum atomic E-state index is 4.73. The molecule has 0 spiro atoms. The fourth-order valence-corrected chi connectivity index (χ4v) is 2.48. The Morgan fingerprint density at radius 2 is 2.11 bits per heavy atom. The van der Waals surface area contributed by atoms with Gasteiger partial charge in [-0.25, -0.2) is 4.98 Å². The molecule has 3 nitrogen and oxygen atoms in total. The van der Waals surface area contributed by atoms with Gasteiger partial charge in [0.15, 0.2) is 0 Å². The average Bonchev–Trinajstić information content (AvgIpc) is 2.78. The topological polar surface area (TPSA) is 30.7 Å². The molecule has 0 aliphatic carbocycles. The van der Waals surface area contributed by atoms with Crippen LogP contribution in [-0.2, 0) is 6.42 Å². The minimum Gasteiger partial charge on any atom is -0.296 e. The molecule has 0 N–H and O–H groups in total. The van der Waals surface area contributed by atoms with Gasteiger partial charge in [-0.05, 0) is 38.1 Å². The van der Waals surface area contributed by atoms with Crippen LogP contribution >= 0.6 is 0 Å². The summed E-state index contributed by atoms with van der Waals surface area (Å²) in [6, 6.07) is 13.2. The number of benzene rings is 1. The molecule has 1 aromatic carbocycles. The summed E-state index contributed by atoms with van der Waals surface area (Å²) in [5.74, 6) is 1.06. The molecule has 95 valence electrons. The summed E-state index contributed by atoms with van der Waals surface area (Å²) in [5.41, 5.74) is 5.23. The van der Waals surface area contributed by atoms with Crippen molar-refractivity contribution in [3.63, 3.8) is 0 Å². The van der Waals surface area contributed by atoms with Crippen LogP contribution in [0.15, 0.2) is 30.3 Å². The van der Waals surface area contributed by atoms with Crippen molar-refractivity contribution in [2.75, 3.05) is 0 Å². The van der Waals surface area contributed by atoms with E-state index < -0.39 is 0 Å². The van der Waals surface area contributed by atoms with Crippen LogP contribution in [0.3, 0.4) is 0 Å². The van der Waals surface area contributed by atoms with Crippen LogP contribution in [0.2, 0.25) is 0 Å². The Morgan fingerprint density at radius 1 is 1.26 bits per heavy atom. The van der Waals surface area contributed by atoms with Gasteiger partial charge in [0.1, 0.15) is 11.3 Å². The molecule has 19 heavy (non-hydrogen) atoms. The molecule has 0 atom stereocenters. The minimum atomic E-state index is 0.891. The van der Waals surface area contributed by atoms with E-state index in [9.17, 15) is 0 Å². The SMILES string of the molecule is CCc1nc2c(C)nc(C)cc2n1-c1c[c]ccc1. The highest BCUT2D eigenvalue weighted by molar-refractivity contribution is 5.80. The maximum absolute atomic E-state index is 4.73. The van der Waals surface area contributed by atoms with Crippen molar-refractivity contribution in [2.45, 2.75) is 27.2 Å². The molecule has 0 aliphatic heterocycles. The summed E-state index contributed by atoms with van der Waals surface area (Å²) in [7, 11) is 0. The van der Waals surface area contributed by atoms with Gasteiger partial charge in [0.05, 0.1) is 11.2 Å². The lowest BCUT2D eigenvalue weighted by atomic mass is 10.2. The molecule has 3 heteroatoms. The summed E-state index contributed by atoms with van der Waals surface area (Å²) >= 11 is 0. The first kappa shape index (κ1) is 11.9. The van der Waals surface area contributed by atoms with Gasteiger partial charge in [0.2, 0.25) is 0 Å². The van der Waals surface area contributed by atoms with Crippen molar-refractivity contribution in [1.82, 2.24) is 14.5 Å². The van der Waals surface area contributed by atoms with E-state index in [0.717, 1.165) is 40.4 Å². The summed E-state index contributed by atoms with van der Waals surface area (Å²) in [6.07, 6.45) is 0.891. The van der Waals surface area contributed by atoms with E-state index in [-0.39, 0.29) is 0 Å². The van der Waals surface area contributed by atoms with E-state index in [1.54, 1.807) is 0 Å². The second-order valence-electron chi connectivity index (χ2n) is 4.70. The molecule has 2 heterocycles. The van der Waals surface area contributed by atoms with Crippen molar-refractivity contribution in [3.8, 4) is 5.69 Å². The molecule has 0 saturated carbocycles. The number of hydrogen-bond donors (Lipinski definition) is 0. The molecular weight excluding hydrogens is 234 g/mol. The van der Waals surface area contributed by atoms with Gasteiger partial charge in [0, 0.05) is 17.8 Å². The Balaban J connectivity index is 2.39. The number of rotatable bonds is 2. The van der Waals surface area contributed by atoms with E-state index >= 15 is 0 Å². The van der Waals surface area contributed by atoms with Crippen LogP contribution < -0.4 is 0 Å². The lowest BCUT2D eigenvalue weighted by molar-refractivity contribution is 0.908. The zero-order valence-corrected chi connectivity index (χ0v) is 11.4. The number of aryl methyl sites for hydroxylation is 3. The Hall–Kier alpha value is -2.16. The quantitative estimate of drug-likeness (QED) is 0.698. The zero-order chi connectivity index (χ0) is 13.4. The van der Waals surface area contributed by atoms with E-state index in [1.165, 1.54) is 0 Å². The number of pyridine rings is 1. The molecule has 0 bridgehead atoms. The third-order valence-corrected chi connectivity index (χ3v) is 3.28. The average molecular weight is 250 g/mol. The lowest BCUT2D eigenvalue weighted by Gasteiger charge is -2.08. The number of hydrogen-bond acceptors (Lipinski definition) is 2. The van der Waals surface area contributed by atoms with Crippen molar-refractivity contribution in [3.05, 3.63) is 53.6 Å². The molecule has 2 aromatic heterocycles. The van der Waals surface area contributed by atoms with Crippen LogP contribution in [0.5, 0.6) is 0 Å². The predicted molar refractivity (Wildman–Crippen MR) is 76.6 cm³/mol. The van der Waals surface area contributed by atoms with Crippen LogP contribution in [0.1, 0.15) is 24.1 Å². The van der Waals surface area contributed by atoms with Crippen molar-refractivity contribution < 1.29 is 0 Å². The second kappa shape index (κ2) is 4.50. The third kappa shape index (κ3) is 1.91. The zero-order valence-electron chi connectivity index (χ0n) is 11.4. The van der Waals surface area contributed by atoms with Gasteiger partial charge in [-0.2, -0.15) is 0 Å². The Labute approximate surface area is 112 Å². The highest BCUT2D eigenvalue weighted by atomic mass is 15.1. The summed E-state index contributed by atoms with van der Waals surface area (Å²) in [6.45, 7) is 6.16. The Bertz CT molecular complexity index is 727. The molecule has 3 aromatic rings. The van der Waals surface area contributed by atoms with Gasteiger partial charge in [-0.3, -0.25) is 9.55 Å². The van der Waals surface area contributed by atoms with Crippen LogP contribution in [-0.4, -0.2) is 14.5 Å². The first-order valence-corrected chi connectivity index (χ1v) is 6.52. The van der Waals surface area contributed by atoms with Crippen LogP contribution in [0.4, 0.5) is 0 Å². The number of nitrogens with zero attached hydrogens (tertiary/aromatic N) is 3. The van der Waals surface area contributed by atoms with Gasteiger partial charge in [-0.15, -0.1) is 0 Å². The second-order valence-corrected chi connectivity index (χ2v) is 4.70. The van der Waals surface area contributed by atoms with Gasteiger partial charge >= 0.3 is 0 Å². The van der Waals surface area contributed by atoms with Crippen LogP contribution in [0, 0.1) is 19.9 Å². The molecule has 0 unspecified atom stereocenters. The first-order chi connectivity index (χ1) is 9.20. The fourth-order valence-electron chi connectivity index (χ4n) is 2.48. The van der Waals surface area contributed by atoms with Crippen molar-refractivity contribution in [1.29, 1.82) is 0 Å². The molecule has 3 rings (SSSR count). The molecule has 1 radical (unpaired) electrons. The Morgan fingerprint density at radius 3 is 2.79 bits per heavy atom. The van der Waals surface area contributed by atoms with E-state index in [0.29, 0.717) is 0 Å². The summed E-state index contributed by atoms with van der Waals surface area (Å²) in [4.78, 5) is 9.24. The molecule has 0 fully saturated rings. The van der Waals surface area contributed by atoms with Gasteiger partial charge < -0.3 is 0 Å². The summed E-state index contributed by atoms with van der Waals surface area (Å²) in [5, 5.41) is 0. The van der Waals surface area contributed by atoms with E-state index in [1.807, 2.05) is 32.0 Å². The molecule has 0 saturated heterocycles. The molecule has 0 amide bonds. The van der Waals surface area contributed by atoms with Crippen molar-refractivity contribution >= 4 is 11.0 Å². The highest BCUT2D eigenvalue weighted by Gasteiger charge is 2.13. The monoisotopic (exact) mass is 250 g/mol. The van der Waals surface area contributed by atoms with Gasteiger partial charge in [0.25, 0.3) is 0 Å². The lowest BCUT2D eigenvalue weighted by Crippen LogP contribution is -2.00. The number of aromatic nitrogens is 3. The molecular formula is C16H16N3. The number of imidazole rings is 1. The third-order valence-electron chi connectivity index (χ3n) is 3.28. The molecule has 0 aliphatic rings. The summed E-state index contributed by atoms with van der Waals surface area (Å²) < 4.78 is 2.20. The van der Waals surface area contributed by atoms with Gasteiger partial charge in [-0.1, -0.05) is 19.1 Å². The smallest absolute Gasteiger partial charge is 0.114 e. The number of fused-ring (bicyclic) bond motifs is 1. The maximum Gasteiger partial charge on any atom is 0.114 e. The van der Waals surface area contributed by atoms with E-state index in [4.69, 9.17) is 4.98 Å². The van der Waals surface area contributed by atoms with Crippen molar-refractivity contribution in [2.24, 2.45) is 0 Å². The normalized spacial score (nSPS) is 11.1. The Kier molecular flexibility index (Phi) is 2.82. The first-order valence-electron chi connectivity index (χ1n) is 6.52.